The molecule has 0 spiro atoms. The normalized spacial score (nSPS) is 10.1. The van der Waals surface area contributed by atoms with Gasteiger partial charge in [0.25, 0.3) is 5.91 Å². The number of para-hydroxylation sites is 1. The van der Waals surface area contributed by atoms with Crippen LogP contribution in [0.3, 0.4) is 0 Å². The van der Waals surface area contributed by atoms with Gasteiger partial charge >= 0.3 is 0 Å². The zero-order chi connectivity index (χ0) is 16.9. The number of hydrogen-bond acceptors (Lipinski definition) is 3. The minimum Gasteiger partial charge on any atom is -0.330 e. The monoisotopic (exact) mass is 335 g/mol. The van der Waals surface area contributed by atoms with Crippen molar-refractivity contribution in [2.45, 2.75) is 13.5 Å². The molecule has 5 heteroatoms. The molecule has 0 fully saturated rings. The minimum absolute atomic E-state index is 0.193. The lowest BCUT2D eigenvalue weighted by Gasteiger charge is -2.13. The molecule has 0 saturated heterocycles. The molecule has 0 atom stereocenters. The number of aromatic nitrogens is 2. The number of amides is 1. The maximum absolute atomic E-state index is 11.9. The Morgan fingerprint density at radius 1 is 1.25 bits per heavy atom. The van der Waals surface area contributed by atoms with Crippen molar-refractivity contribution >= 4 is 17.2 Å². The number of thiophene rings is 1. The van der Waals surface area contributed by atoms with Gasteiger partial charge in [-0.25, -0.2) is 4.68 Å². The van der Waals surface area contributed by atoms with Crippen molar-refractivity contribution in [2.24, 2.45) is 0 Å². The molecular weight excluding hydrogens is 318 g/mol. The van der Waals surface area contributed by atoms with Crippen LogP contribution in [0.5, 0.6) is 0 Å². The van der Waals surface area contributed by atoms with E-state index >= 15 is 0 Å². The van der Waals surface area contributed by atoms with Crippen LogP contribution < -0.4 is 0 Å². The van der Waals surface area contributed by atoms with Gasteiger partial charge in [0.1, 0.15) is 5.69 Å². The van der Waals surface area contributed by atoms with Gasteiger partial charge in [0.15, 0.2) is 0 Å². The van der Waals surface area contributed by atoms with Gasteiger partial charge in [0.2, 0.25) is 0 Å². The third-order valence-corrected chi connectivity index (χ3v) is 4.43. The van der Waals surface area contributed by atoms with Crippen molar-refractivity contribution in [1.29, 1.82) is 0 Å². The van der Waals surface area contributed by atoms with Gasteiger partial charge in [0.05, 0.1) is 17.1 Å². The van der Waals surface area contributed by atoms with Crippen molar-refractivity contribution in [3.63, 3.8) is 0 Å². The summed E-state index contributed by atoms with van der Waals surface area (Å²) in [4.78, 5) is 14.6. The first kappa shape index (κ1) is 16.0. The molecule has 2 aromatic heterocycles. The minimum atomic E-state index is -0.193. The molecule has 0 radical (unpaired) electrons. The standard InChI is InChI=1S/C19H17N3OS/c1-3-8-18(23)21(2)13-15-14-22(16-9-5-4-6-10-16)20-19(15)17-11-7-12-24-17/h4-7,9-12,14H,13H2,1-2H3. The van der Waals surface area contributed by atoms with Gasteiger partial charge in [-0.3, -0.25) is 4.79 Å². The van der Waals surface area contributed by atoms with Crippen molar-refractivity contribution in [3.8, 4) is 28.1 Å². The van der Waals surface area contributed by atoms with E-state index in [9.17, 15) is 4.79 Å². The molecule has 0 unspecified atom stereocenters. The van der Waals surface area contributed by atoms with Crippen molar-refractivity contribution in [3.05, 3.63) is 59.6 Å². The van der Waals surface area contributed by atoms with Crippen LogP contribution in [-0.4, -0.2) is 27.6 Å². The zero-order valence-corrected chi connectivity index (χ0v) is 14.4. The molecule has 24 heavy (non-hydrogen) atoms. The fourth-order valence-corrected chi connectivity index (χ4v) is 3.13. The third kappa shape index (κ3) is 3.39. The van der Waals surface area contributed by atoms with Crippen LogP contribution in [0.1, 0.15) is 12.5 Å². The van der Waals surface area contributed by atoms with Gasteiger partial charge in [-0.15, -0.1) is 11.3 Å². The predicted octanol–water partition coefficient (Wildman–Crippen LogP) is 3.58. The van der Waals surface area contributed by atoms with Crippen molar-refractivity contribution in [1.82, 2.24) is 14.7 Å². The Hall–Kier alpha value is -2.84. The molecule has 2 heterocycles. The maximum atomic E-state index is 11.9. The smallest absolute Gasteiger partial charge is 0.298 e. The molecule has 0 aliphatic carbocycles. The summed E-state index contributed by atoms with van der Waals surface area (Å²) in [7, 11) is 1.75. The van der Waals surface area contributed by atoms with Gasteiger partial charge in [-0.05, 0) is 36.4 Å². The number of hydrogen-bond donors (Lipinski definition) is 0. The van der Waals surface area contributed by atoms with Crippen molar-refractivity contribution in [2.75, 3.05) is 7.05 Å². The average molecular weight is 335 g/mol. The summed E-state index contributed by atoms with van der Waals surface area (Å²) >= 11 is 1.64. The molecule has 0 aliphatic rings. The summed E-state index contributed by atoms with van der Waals surface area (Å²) in [5.74, 6) is 5.03. The Morgan fingerprint density at radius 3 is 2.71 bits per heavy atom. The Kier molecular flexibility index (Phi) is 4.78. The van der Waals surface area contributed by atoms with Gasteiger partial charge in [-0.2, -0.15) is 5.10 Å². The molecule has 0 saturated carbocycles. The van der Waals surface area contributed by atoms with E-state index in [0.29, 0.717) is 6.54 Å². The molecule has 4 nitrogen and oxygen atoms in total. The first-order chi connectivity index (χ1) is 11.7. The van der Waals surface area contributed by atoms with E-state index in [0.717, 1.165) is 21.8 Å². The summed E-state index contributed by atoms with van der Waals surface area (Å²) in [6, 6.07) is 14.0. The van der Waals surface area contributed by atoms with E-state index in [1.807, 2.05) is 58.7 Å². The van der Waals surface area contributed by atoms with Crippen molar-refractivity contribution < 1.29 is 4.79 Å². The van der Waals surface area contributed by atoms with Crippen LogP contribution in [0.25, 0.3) is 16.3 Å². The number of carbonyl (C=O) groups is 1. The molecule has 1 aromatic carbocycles. The largest absolute Gasteiger partial charge is 0.330 e. The molecule has 0 N–H and O–H groups in total. The van der Waals surface area contributed by atoms with Crippen LogP contribution in [0.4, 0.5) is 0 Å². The summed E-state index contributed by atoms with van der Waals surface area (Å²) in [5, 5.41) is 6.76. The highest BCUT2D eigenvalue weighted by atomic mass is 32.1. The number of nitrogens with zero attached hydrogens (tertiary/aromatic N) is 3. The molecule has 120 valence electrons. The average Bonchev–Trinajstić information content (AvgIpc) is 3.25. The summed E-state index contributed by atoms with van der Waals surface area (Å²) < 4.78 is 1.86. The lowest BCUT2D eigenvalue weighted by molar-refractivity contribution is -0.124. The second-order valence-electron chi connectivity index (χ2n) is 5.30. The number of benzene rings is 1. The summed E-state index contributed by atoms with van der Waals surface area (Å²) in [5.41, 5.74) is 2.89. The highest BCUT2D eigenvalue weighted by molar-refractivity contribution is 7.13. The van der Waals surface area contributed by atoms with Crippen LogP contribution >= 0.6 is 11.3 Å². The SMILES string of the molecule is CC#CC(=O)N(C)Cc1cn(-c2ccccc2)nc1-c1cccs1. The van der Waals surface area contributed by atoms with Crippen LogP contribution in [-0.2, 0) is 11.3 Å². The summed E-state index contributed by atoms with van der Waals surface area (Å²) in [6.45, 7) is 2.13. The van der Waals surface area contributed by atoms with Gasteiger partial charge in [0, 0.05) is 18.8 Å². The highest BCUT2D eigenvalue weighted by Gasteiger charge is 2.16. The first-order valence-corrected chi connectivity index (χ1v) is 8.42. The van der Waals surface area contributed by atoms with E-state index in [1.54, 1.807) is 30.2 Å². The highest BCUT2D eigenvalue weighted by Crippen LogP contribution is 2.28. The van der Waals surface area contributed by atoms with E-state index < -0.39 is 0 Å². The molecular formula is C19H17N3OS. The third-order valence-electron chi connectivity index (χ3n) is 3.55. The number of carbonyl (C=O) groups excluding carboxylic acids is 1. The second kappa shape index (κ2) is 7.16. The van der Waals surface area contributed by atoms with E-state index in [2.05, 4.69) is 11.8 Å². The fourth-order valence-electron chi connectivity index (χ4n) is 2.39. The maximum Gasteiger partial charge on any atom is 0.298 e. The fraction of sp³-hybridized carbons (Fsp3) is 0.158. The Balaban J connectivity index is 1.98. The van der Waals surface area contributed by atoms with Crippen LogP contribution in [0, 0.1) is 11.8 Å². The van der Waals surface area contributed by atoms with Gasteiger partial charge < -0.3 is 4.90 Å². The Bertz CT molecular complexity index is 886. The lowest BCUT2D eigenvalue weighted by Crippen LogP contribution is -2.24. The Labute approximate surface area is 145 Å². The Morgan fingerprint density at radius 2 is 2.04 bits per heavy atom. The molecule has 0 aliphatic heterocycles. The molecule has 3 rings (SSSR count). The lowest BCUT2D eigenvalue weighted by atomic mass is 10.2. The summed E-state index contributed by atoms with van der Waals surface area (Å²) in [6.07, 6.45) is 1.98. The molecule has 3 aromatic rings. The van der Waals surface area contributed by atoms with Gasteiger partial charge in [-0.1, -0.05) is 30.2 Å². The molecule has 0 bridgehead atoms. The van der Waals surface area contributed by atoms with E-state index in [-0.39, 0.29) is 5.91 Å². The zero-order valence-electron chi connectivity index (χ0n) is 13.6. The quantitative estimate of drug-likeness (QED) is 0.684. The van der Waals surface area contributed by atoms with E-state index in [1.165, 1.54) is 0 Å². The van der Waals surface area contributed by atoms with E-state index in [4.69, 9.17) is 5.10 Å². The molecule has 1 amide bonds. The van der Waals surface area contributed by atoms with Crippen LogP contribution in [0.15, 0.2) is 54.0 Å². The topological polar surface area (TPSA) is 38.1 Å². The van der Waals surface area contributed by atoms with Crippen LogP contribution in [0.2, 0.25) is 0 Å². The first-order valence-electron chi connectivity index (χ1n) is 7.54. The number of rotatable bonds is 4. The second-order valence-corrected chi connectivity index (χ2v) is 6.24. The predicted molar refractivity (Wildman–Crippen MR) is 96.8 cm³/mol.